The number of fused-ring (bicyclic) bond motifs is 1. The molecule has 0 aliphatic carbocycles. The Balaban J connectivity index is 2.15. The molecule has 3 heterocycles. The fourth-order valence-electron chi connectivity index (χ4n) is 1.97. The minimum atomic E-state index is -0.0970. The Morgan fingerprint density at radius 3 is 3.12 bits per heavy atom. The molecule has 0 N–H and O–H groups in total. The Labute approximate surface area is 97.7 Å². The van der Waals surface area contributed by atoms with E-state index in [-0.39, 0.29) is 5.37 Å². The van der Waals surface area contributed by atoms with Crippen molar-refractivity contribution >= 4 is 11.8 Å². The zero-order chi connectivity index (χ0) is 11.0. The minimum absolute atomic E-state index is 0.0970. The summed E-state index contributed by atoms with van der Waals surface area (Å²) < 4.78 is 2.10. The lowest BCUT2D eigenvalue weighted by molar-refractivity contribution is 0.821. The number of nitrogens with zero attached hydrogens (tertiary/aromatic N) is 3. The topological polar surface area (TPSA) is 41.6 Å². The maximum Gasteiger partial charge on any atom is 0.168 e. The largest absolute Gasteiger partial charge is 0.319 e. The van der Waals surface area contributed by atoms with Crippen LogP contribution in [0.3, 0.4) is 0 Å². The number of pyridine rings is 1. The first-order valence-corrected chi connectivity index (χ1v) is 6.07. The van der Waals surface area contributed by atoms with Crippen molar-refractivity contribution < 1.29 is 0 Å². The fourth-order valence-corrected chi connectivity index (χ4v) is 3.00. The highest BCUT2D eigenvalue weighted by atomic mass is 32.2. The minimum Gasteiger partial charge on any atom is -0.319 e. The summed E-state index contributed by atoms with van der Waals surface area (Å²) >= 11 is 1.67. The van der Waals surface area contributed by atoms with Gasteiger partial charge in [-0.15, -0.1) is 11.8 Å². The molecular formula is C12H9N3S. The van der Waals surface area contributed by atoms with Gasteiger partial charge in [-0.25, -0.2) is 0 Å². The molecule has 1 aliphatic heterocycles. The van der Waals surface area contributed by atoms with Crippen molar-refractivity contribution in [3.63, 3.8) is 0 Å². The normalized spacial score (nSPS) is 18.1. The summed E-state index contributed by atoms with van der Waals surface area (Å²) in [6.45, 7) is 0. The van der Waals surface area contributed by atoms with E-state index in [9.17, 15) is 0 Å². The van der Waals surface area contributed by atoms with Crippen molar-refractivity contribution in [2.75, 3.05) is 0 Å². The third-order valence-corrected chi connectivity index (χ3v) is 3.79. The molecule has 0 aromatic carbocycles. The third kappa shape index (κ3) is 1.33. The van der Waals surface area contributed by atoms with Crippen LogP contribution in [0.2, 0.25) is 0 Å². The SMILES string of the molecule is N#CC1SCc2ccc(-c3cccnc3)n21. The van der Waals surface area contributed by atoms with Crippen LogP contribution < -0.4 is 0 Å². The van der Waals surface area contributed by atoms with Crippen LogP contribution >= 0.6 is 11.8 Å². The van der Waals surface area contributed by atoms with Crippen LogP contribution in [0.1, 0.15) is 11.1 Å². The molecule has 0 saturated heterocycles. The average Bonchev–Trinajstić information content (AvgIpc) is 2.90. The highest BCUT2D eigenvalue weighted by molar-refractivity contribution is 7.99. The second-order valence-electron chi connectivity index (χ2n) is 3.61. The second kappa shape index (κ2) is 3.69. The first kappa shape index (κ1) is 9.49. The molecular weight excluding hydrogens is 218 g/mol. The van der Waals surface area contributed by atoms with Crippen molar-refractivity contribution in [1.82, 2.24) is 9.55 Å². The molecule has 0 spiro atoms. The molecule has 0 fully saturated rings. The lowest BCUT2D eigenvalue weighted by atomic mass is 10.2. The van der Waals surface area contributed by atoms with Gasteiger partial charge in [0.2, 0.25) is 0 Å². The van der Waals surface area contributed by atoms with Gasteiger partial charge in [0.1, 0.15) is 0 Å². The fraction of sp³-hybridized carbons (Fsp3) is 0.167. The van der Waals surface area contributed by atoms with Gasteiger partial charge in [0.05, 0.1) is 11.8 Å². The number of aromatic nitrogens is 2. The summed E-state index contributed by atoms with van der Waals surface area (Å²) in [5.41, 5.74) is 3.37. The summed E-state index contributed by atoms with van der Waals surface area (Å²) in [6.07, 6.45) is 3.59. The maximum atomic E-state index is 9.10. The highest BCUT2D eigenvalue weighted by Crippen LogP contribution is 2.39. The number of hydrogen-bond acceptors (Lipinski definition) is 3. The quantitative estimate of drug-likeness (QED) is 0.752. The van der Waals surface area contributed by atoms with Gasteiger partial charge in [-0.2, -0.15) is 5.26 Å². The molecule has 16 heavy (non-hydrogen) atoms. The van der Waals surface area contributed by atoms with E-state index in [1.807, 2.05) is 18.3 Å². The standard InChI is InChI=1S/C12H9N3S/c13-6-12-15-10(8-16-12)3-4-11(15)9-2-1-5-14-7-9/h1-5,7,12H,8H2. The molecule has 0 radical (unpaired) electrons. The van der Waals surface area contributed by atoms with Crippen molar-refractivity contribution in [3.8, 4) is 17.3 Å². The van der Waals surface area contributed by atoms with Crippen LogP contribution in [0.25, 0.3) is 11.3 Å². The average molecular weight is 227 g/mol. The van der Waals surface area contributed by atoms with E-state index in [1.54, 1.807) is 18.0 Å². The highest BCUT2D eigenvalue weighted by Gasteiger charge is 2.24. The molecule has 0 saturated carbocycles. The summed E-state index contributed by atoms with van der Waals surface area (Å²) in [4.78, 5) is 4.11. The van der Waals surface area contributed by atoms with E-state index in [2.05, 4.69) is 27.8 Å². The molecule has 0 bridgehead atoms. The maximum absolute atomic E-state index is 9.10. The predicted molar refractivity (Wildman–Crippen MR) is 63.6 cm³/mol. The van der Waals surface area contributed by atoms with Crippen molar-refractivity contribution in [2.24, 2.45) is 0 Å². The Kier molecular flexibility index (Phi) is 2.19. The number of rotatable bonds is 1. The predicted octanol–water partition coefficient (Wildman–Crippen LogP) is 2.82. The Bertz CT molecular complexity index is 553. The van der Waals surface area contributed by atoms with Gasteiger partial charge >= 0.3 is 0 Å². The van der Waals surface area contributed by atoms with Crippen LogP contribution in [0.4, 0.5) is 0 Å². The van der Waals surface area contributed by atoms with E-state index in [0.29, 0.717) is 0 Å². The van der Waals surface area contributed by atoms with Gasteiger partial charge in [0, 0.05) is 29.4 Å². The molecule has 1 aliphatic rings. The van der Waals surface area contributed by atoms with Gasteiger partial charge in [-0.1, -0.05) is 0 Å². The molecule has 2 aromatic heterocycles. The van der Waals surface area contributed by atoms with E-state index in [1.165, 1.54) is 5.69 Å². The monoisotopic (exact) mass is 227 g/mol. The zero-order valence-electron chi connectivity index (χ0n) is 8.50. The molecule has 1 atom stereocenters. The molecule has 3 rings (SSSR count). The molecule has 0 amide bonds. The van der Waals surface area contributed by atoms with Crippen LogP contribution in [-0.4, -0.2) is 9.55 Å². The van der Waals surface area contributed by atoms with Gasteiger partial charge in [0.15, 0.2) is 5.37 Å². The lowest BCUT2D eigenvalue weighted by Crippen LogP contribution is -2.00. The molecule has 2 aromatic rings. The summed E-state index contributed by atoms with van der Waals surface area (Å²) in [5.74, 6) is 0.915. The summed E-state index contributed by atoms with van der Waals surface area (Å²) in [7, 11) is 0. The number of hydrogen-bond donors (Lipinski definition) is 0. The smallest absolute Gasteiger partial charge is 0.168 e. The number of thioether (sulfide) groups is 1. The van der Waals surface area contributed by atoms with Crippen LogP contribution in [0, 0.1) is 11.3 Å². The van der Waals surface area contributed by atoms with E-state index in [0.717, 1.165) is 17.0 Å². The Morgan fingerprint density at radius 1 is 1.44 bits per heavy atom. The van der Waals surface area contributed by atoms with Crippen LogP contribution in [0.15, 0.2) is 36.7 Å². The van der Waals surface area contributed by atoms with Crippen molar-refractivity contribution in [3.05, 3.63) is 42.4 Å². The van der Waals surface area contributed by atoms with E-state index >= 15 is 0 Å². The summed E-state index contributed by atoms with van der Waals surface area (Å²) in [5, 5.41) is 9.00. The van der Waals surface area contributed by atoms with E-state index < -0.39 is 0 Å². The molecule has 78 valence electrons. The van der Waals surface area contributed by atoms with Crippen molar-refractivity contribution in [2.45, 2.75) is 11.1 Å². The van der Waals surface area contributed by atoms with Crippen molar-refractivity contribution in [1.29, 1.82) is 5.26 Å². The van der Waals surface area contributed by atoms with Gasteiger partial charge in [-0.3, -0.25) is 4.98 Å². The first-order valence-electron chi connectivity index (χ1n) is 5.02. The molecule has 4 heteroatoms. The van der Waals surface area contributed by atoms with Gasteiger partial charge < -0.3 is 4.57 Å². The molecule has 1 unspecified atom stereocenters. The van der Waals surface area contributed by atoms with Crippen LogP contribution in [0.5, 0.6) is 0 Å². The second-order valence-corrected chi connectivity index (χ2v) is 4.68. The van der Waals surface area contributed by atoms with Crippen LogP contribution in [-0.2, 0) is 5.75 Å². The summed E-state index contributed by atoms with van der Waals surface area (Å²) in [6, 6.07) is 10.4. The van der Waals surface area contributed by atoms with Gasteiger partial charge in [-0.05, 0) is 24.3 Å². The Hall–Kier alpha value is -1.73. The third-order valence-electron chi connectivity index (χ3n) is 2.69. The molecule has 3 nitrogen and oxygen atoms in total. The lowest BCUT2D eigenvalue weighted by Gasteiger charge is -2.09. The first-order chi connectivity index (χ1) is 7.90. The number of nitriles is 1. The Morgan fingerprint density at radius 2 is 2.38 bits per heavy atom. The zero-order valence-corrected chi connectivity index (χ0v) is 9.31. The van der Waals surface area contributed by atoms with E-state index in [4.69, 9.17) is 5.26 Å². The van der Waals surface area contributed by atoms with Gasteiger partial charge in [0.25, 0.3) is 0 Å².